The van der Waals surface area contributed by atoms with E-state index in [2.05, 4.69) is 5.32 Å². The Labute approximate surface area is 163 Å². The molecule has 2 heterocycles. The fourth-order valence-electron chi connectivity index (χ4n) is 3.00. The quantitative estimate of drug-likeness (QED) is 0.649. The van der Waals surface area contributed by atoms with Gasteiger partial charge in [0.25, 0.3) is 11.8 Å². The highest BCUT2D eigenvalue weighted by Crippen LogP contribution is 2.36. The molecule has 140 valence electrons. The Morgan fingerprint density at radius 2 is 1.71 bits per heavy atom. The lowest BCUT2D eigenvalue weighted by Crippen LogP contribution is -2.32. The molecule has 7 heteroatoms. The van der Waals surface area contributed by atoms with E-state index in [1.54, 1.807) is 23.6 Å². The molecule has 1 aliphatic rings. The van der Waals surface area contributed by atoms with Crippen molar-refractivity contribution in [2.75, 3.05) is 10.2 Å². The van der Waals surface area contributed by atoms with Crippen LogP contribution in [0, 0.1) is 18.6 Å². The summed E-state index contributed by atoms with van der Waals surface area (Å²) in [5, 5.41) is 4.86. The number of carbonyl (C=O) groups excluding carboxylic acids is 2. The predicted molar refractivity (Wildman–Crippen MR) is 105 cm³/mol. The molecule has 0 radical (unpaired) electrons. The average Bonchev–Trinajstić information content (AvgIpc) is 3.27. The number of aryl methyl sites for hydroxylation is 1. The third-order valence-corrected chi connectivity index (χ3v) is 5.30. The summed E-state index contributed by atoms with van der Waals surface area (Å²) in [4.78, 5) is 27.7. The third kappa shape index (κ3) is 2.99. The first-order valence-corrected chi connectivity index (χ1v) is 9.30. The van der Waals surface area contributed by atoms with Crippen LogP contribution in [0.15, 0.2) is 65.7 Å². The van der Waals surface area contributed by atoms with E-state index in [0.717, 1.165) is 22.6 Å². The first kappa shape index (κ1) is 18.1. The molecule has 0 bridgehead atoms. The molecule has 0 fully saturated rings. The van der Waals surface area contributed by atoms with Gasteiger partial charge in [-0.2, -0.15) is 0 Å². The van der Waals surface area contributed by atoms with E-state index < -0.39 is 23.4 Å². The first-order chi connectivity index (χ1) is 13.5. The normalized spacial score (nSPS) is 14.2. The van der Waals surface area contributed by atoms with Crippen LogP contribution in [0.25, 0.3) is 5.57 Å². The van der Waals surface area contributed by atoms with Gasteiger partial charge in [0.15, 0.2) is 11.6 Å². The van der Waals surface area contributed by atoms with Crippen LogP contribution in [0.4, 0.5) is 20.2 Å². The molecule has 0 saturated heterocycles. The van der Waals surface area contributed by atoms with Gasteiger partial charge in [0.05, 0.1) is 11.3 Å². The number of rotatable bonds is 4. The van der Waals surface area contributed by atoms with Crippen LogP contribution in [-0.2, 0) is 9.59 Å². The molecule has 0 unspecified atom stereocenters. The van der Waals surface area contributed by atoms with Crippen LogP contribution in [-0.4, -0.2) is 11.8 Å². The summed E-state index contributed by atoms with van der Waals surface area (Å²) in [6.45, 7) is 1.88. The number of hydrogen-bond acceptors (Lipinski definition) is 4. The van der Waals surface area contributed by atoms with Crippen molar-refractivity contribution in [2.45, 2.75) is 6.92 Å². The fourth-order valence-corrected chi connectivity index (χ4v) is 3.77. The number of para-hydroxylation sites is 1. The van der Waals surface area contributed by atoms with Gasteiger partial charge in [0, 0.05) is 16.6 Å². The molecule has 28 heavy (non-hydrogen) atoms. The summed E-state index contributed by atoms with van der Waals surface area (Å²) in [6.07, 6.45) is 0. The van der Waals surface area contributed by atoms with Gasteiger partial charge < -0.3 is 5.32 Å². The molecular formula is C21H14F2N2O2S. The molecule has 0 saturated carbocycles. The zero-order chi connectivity index (χ0) is 19.8. The second-order valence-corrected chi connectivity index (χ2v) is 7.16. The second-order valence-electron chi connectivity index (χ2n) is 6.21. The van der Waals surface area contributed by atoms with Crippen LogP contribution in [0.1, 0.15) is 10.4 Å². The van der Waals surface area contributed by atoms with Crippen molar-refractivity contribution in [3.05, 3.63) is 87.7 Å². The number of hydrogen-bond donors (Lipinski definition) is 1. The summed E-state index contributed by atoms with van der Waals surface area (Å²) in [5.41, 5.74) is 1.86. The van der Waals surface area contributed by atoms with E-state index in [1.807, 2.05) is 25.1 Å². The van der Waals surface area contributed by atoms with E-state index in [4.69, 9.17) is 0 Å². The van der Waals surface area contributed by atoms with Gasteiger partial charge in [-0.1, -0.05) is 24.3 Å². The van der Waals surface area contributed by atoms with Gasteiger partial charge >= 0.3 is 0 Å². The van der Waals surface area contributed by atoms with Crippen molar-refractivity contribution in [1.29, 1.82) is 0 Å². The highest BCUT2D eigenvalue weighted by molar-refractivity contribution is 7.11. The Kier molecular flexibility index (Phi) is 4.52. The minimum atomic E-state index is -1.13. The topological polar surface area (TPSA) is 49.4 Å². The maximum atomic E-state index is 13.7. The highest BCUT2D eigenvalue weighted by Gasteiger charge is 2.41. The smallest absolute Gasteiger partial charge is 0.282 e. The van der Waals surface area contributed by atoms with Gasteiger partial charge in [-0.25, -0.2) is 13.7 Å². The monoisotopic (exact) mass is 396 g/mol. The van der Waals surface area contributed by atoms with Crippen molar-refractivity contribution >= 4 is 40.1 Å². The van der Waals surface area contributed by atoms with Crippen LogP contribution in [0.2, 0.25) is 0 Å². The van der Waals surface area contributed by atoms with Crippen molar-refractivity contribution in [3.63, 3.8) is 0 Å². The minimum absolute atomic E-state index is 0.0236. The fraction of sp³-hybridized carbons (Fsp3) is 0.0476. The number of thiophene rings is 1. The Morgan fingerprint density at radius 3 is 2.39 bits per heavy atom. The molecular weight excluding hydrogens is 382 g/mol. The number of imide groups is 1. The lowest BCUT2D eigenvalue weighted by Gasteiger charge is -2.16. The molecule has 4 rings (SSSR count). The molecule has 1 N–H and O–H groups in total. The molecule has 2 amide bonds. The number of nitrogens with zero attached hydrogens (tertiary/aromatic N) is 1. The summed E-state index contributed by atoms with van der Waals surface area (Å²) < 4.78 is 27.0. The maximum absolute atomic E-state index is 13.7. The van der Waals surface area contributed by atoms with E-state index in [1.165, 1.54) is 17.4 Å². The van der Waals surface area contributed by atoms with E-state index in [-0.39, 0.29) is 17.0 Å². The molecule has 1 aliphatic heterocycles. The van der Waals surface area contributed by atoms with Crippen molar-refractivity contribution < 1.29 is 18.4 Å². The third-order valence-electron chi connectivity index (χ3n) is 4.42. The van der Waals surface area contributed by atoms with Crippen LogP contribution in [0.5, 0.6) is 0 Å². The number of carbonyl (C=O) groups is 2. The number of benzene rings is 2. The van der Waals surface area contributed by atoms with Gasteiger partial charge in [-0.15, -0.1) is 11.3 Å². The molecule has 3 aromatic rings. The largest absolute Gasteiger partial charge is 0.350 e. The standard InChI is InChI=1S/C21H14F2N2O2S/c1-12-5-2-3-6-16(12)24-19-18(17-7-4-10-28-17)20(26)25(21(19)27)13-8-9-14(22)15(23)11-13/h2-11,24H,1H3. The minimum Gasteiger partial charge on any atom is -0.350 e. The van der Waals surface area contributed by atoms with E-state index in [0.29, 0.717) is 10.6 Å². The highest BCUT2D eigenvalue weighted by atomic mass is 32.1. The summed E-state index contributed by atoms with van der Waals surface area (Å²) in [5.74, 6) is -3.39. The number of halogens is 2. The lowest BCUT2D eigenvalue weighted by molar-refractivity contribution is -0.120. The van der Waals surface area contributed by atoms with Gasteiger partial charge in [-0.3, -0.25) is 9.59 Å². The zero-order valence-corrected chi connectivity index (χ0v) is 15.5. The number of anilines is 2. The van der Waals surface area contributed by atoms with Crippen molar-refractivity contribution in [2.24, 2.45) is 0 Å². The van der Waals surface area contributed by atoms with E-state index in [9.17, 15) is 18.4 Å². The molecule has 0 spiro atoms. The van der Waals surface area contributed by atoms with Gasteiger partial charge in [0.2, 0.25) is 0 Å². The summed E-state index contributed by atoms with van der Waals surface area (Å²) >= 11 is 1.32. The molecule has 1 aromatic heterocycles. The van der Waals surface area contributed by atoms with E-state index >= 15 is 0 Å². The average molecular weight is 396 g/mol. The van der Waals surface area contributed by atoms with Crippen molar-refractivity contribution in [3.8, 4) is 0 Å². The SMILES string of the molecule is Cc1ccccc1NC1=C(c2cccs2)C(=O)N(c2ccc(F)c(F)c2)C1=O. The number of nitrogens with one attached hydrogen (secondary N) is 1. The molecule has 4 nitrogen and oxygen atoms in total. The lowest BCUT2D eigenvalue weighted by atomic mass is 10.1. The molecule has 2 aromatic carbocycles. The maximum Gasteiger partial charge on any atom is 0.282 e. The van der Waals surface area contributed by atoms with Crippen LogP contribution >= 0.6 is 11.3 Å². The Bertz CT molecular complexity index is 1120. The Balaban J connectivity index is 1.82. The van der Waals surface area contributed by atoms with Gasteiger partial charge in [0.1, 0.15) is 5.70 Å². The zero-order valence-electron chi connectivity index (χ0n) is 14.7. The van der Waals surface area contributed by atoms with Crippen molar-refractivity contribution in [1.82, 2.24) is 0 Å². The van der Waals surface area contributed by atoms with Crippen LogP contribution < -0.4 is 10.2 Å². The van der Waals surface area contributed by atoms with Crippen LogP contribution in [0.3, 0.4) is 0 Å². The number of amides is 2. The second kappa shape index (κ2) is 7.01. The molecule has 0 aliphatic carbocycles. The Morgan fingerprint density at radius 1 is 0.929 bits per heavy atom. The summed E-state index contributed by atoms with van der Waals surface area (Å²) in [6, 6.07) is 13.8. The predicted octanol–water partition coefficient (Wildman–Crippen LogP) is 4.73. The summed E-state index contributed by atoms with van der Waals surface area (Å²) in [7, 11) is 0. The first-order valence-electron chi connectivity index (χ1n) is 8.42. The van der Waals surface area contributed by atoms with Gasteiger partial charge in [-0.05, 0) is 42.1 Å². The Hall–Kier alpha value is -3.32. The molecule has 0 atom stereocenters.